The molecule has 106 valence electrons. The van der Waals surface area contributed by atoms with Gasteiger partial charge in [-0.2, -0.15) is 4.31 Å². The van der Waals surface area contributed by atoms with E-state index in [1.807, 2.05) is 36.0 Å². The van der Waals surface area contributed by atoms with Gasteiger partial charge in [-0.3, -0.25) is 0 Å². The van der Waals surface area contributed by atoms with Crippen molar-refractivity contribution in [1.29, 1.82) is 0 Å². The first-order chi connectivity index (χ1) is 8.88. The average Bonchev–Trinajstić information content (AvgIpc) is 2.38. The summed E-state index contributed by atoms with van der Waals surface area (Å²) in [7, 11) is 0.737. The molecule has 0 amide bonds. The van der Waals surface area contributed by atoms with Crippen LogP contribution in [0.5, 0.6) is 0 Å². The third-order valence-corrected chi connectivity index (χ3v) is 4.43. The first-order valence-corrected chi connectivity index (χ1v) is 7.94. The van der Waals surface area contributed by atoms with Gasteiger partial charge in [-0.15, -0.1) is 10.2 Å². The fourth-order valence-electron chi connectivity index (χ4n) is 1.97. The molecule has 0 saturated carbocycles. The molecule has 1 aromatic heterocycles. The van der Waals surface area contributed by atoms with Gasteiger partial charge in [-0.25, -0.2) is 8.42 Å². The van der Waals surface area contributed by atoms with Gasteiger partial charge in [0.25, 0.3) is 0 Å². The van der Waals surface area contributed by atoms with Crippen LogP contribution in [-0.2, 0) is 10.0 Å². The van der Waals surface area contributed by atoms with Crippen LogP contribution in [0.15, 0.2) is 12.1 Å². The maximum Gasteiger partial charge on any atom is 0.211 e. The molecule has 8 heteroatoms. The highest BCUT2D eigenvalue weighted by Crippen LogP contribution is 2.16. The summed E-state index contributed by atoms with van der Waals surface area (Å²) >= 11 is 0. The molecule has 2 heterocycles. The van der Waals surface area contributed by atoms with Crippen molar-refractivity contribution in [3.63, 3.8) is 0 Å². The largest absolute Gasteiger partial charge is 0.361 e. The lowest BCUT2D eigenvalue weighted by Crippen LogP contribution is -2.48. The van der Waals surface area contributed by atoms with Crippen molar-refractivity contribution in [2.45, 2.75) is 0 Å². The number of piperazine rings is 1. The summed E-state index contributed by atoms with van der Waals surface area (Å²) in [4.78, 5) is 3.94. The zero-order valence-corrected chi connectivity index (χ0v) is 12.3. The third kappa shape index (κ3) is 3.32. The Balaban J connectivity index is 2.02. The van der Waals surface area contributed by atoms with Gasteiger partial charge in [0.05, 0.1) is 6.26 Å². The van der Waals surface area contributed by atoms with Crippen molar-refractivity contribution in [3.8, 4) is 0 Å². The maximum atomic E-state index is 11.4. The van der Waals surface area contributed by atoms with E-state index in [2.05, 4.69) is 10.2 Å². The fourth-order valence-corrected chi connectivity index (χ4v) is 2.80. The molecule has 0 spiro atoms. The van der Waals surface area contributed by atoms with E-state index in [0.717, 1.165) is 11.6 Å². The smallest absolute Gasteiger partial charge is 0.211 e. The molecule has 1 saturated heterocycles. The van der Waals surface area contributed by atoms with Crippen LogP contribution in [0.25, 0.3) is 0 Å². The van der Waals surface area contributed by atoms with E-state index < -0.39 is 10.0 Å². The number of sulfonamides is 1. The molecule has 2 rings (SSSR count). The summed E-state index contributed by atoms with van der Waals surface area (Å²) in [5.41, 5.74) is 0. The zero-order chi connectivity index (χ0) is 14.0. The number of hydrogen-bond acceptors (Lipinski definition) is 6. The Morgan fingerprint density at radius 3 is 2.16 bits per heavy atom. The van der Waals surface area contributed by atoms with Crippen LogP contribution in [0, 0.1) is 0 Å². The number of anilines is 2. The van der Waals surface area contributed by atoms with E-state index in [1.54, 1.807) is 0 Å². The minimum absolute atomic E-state index is 0.496. The summed E-state index contributed by atoms with van der Waals surface area (Å²) in [6, 6.07) is 3.82. The lowest BCUT2D eigenvalue weighted by atomic mass is 10.3. The number of hydrogen-bond donors (Lipinski definition) is 0. The first kappa shape index (κ1) is 14.0. The highest BCUT2D eigenvalue weighted by molar-refractivity contribution is 7.88. The standard InChI is InChI=1S/C11H19N5O2S/c1-14(2)10-4-5-11(13-12-10)15-6-8-16(9-7-15)19(3,17)18/h4-5H,6-9H2,1-3H3. The SMILES string of the molecule is CN(C)c1ccc(N2CCN(S(C)(=O)=O)CC2)nn1. The minimum atomic E-state index is -3.09. The highest BCUT2D eigenvalue weighted by atomic mass is 32.2. The van der Waals surface area contributed by atoms with Crippen LogP contribution < -0.4 is 9.80 Å². The van der Waals surface area contributed by atoms with E-state index >= 15 is 0 Å². The van der Waals surface area contributed by atoms with Gasteiger partial charge < -0.3 is 9.80 Å². The lowest BCUT2D eigenvalue weighted by Gasteiger charge is -2.33. The molecule has 0 aliphatic carbocycles. The monoisotopic (exact) mass is 285 g/mol. The van der Waals surface area contributed by atoms with Gasteiger partial charge in [-0.05, 0) is 12.1 Å². The van der Waals surface area contributed by atoms with Crippen molar-refractivity contribution in [3.05, 3.63) is 12.1 Å². The maximum absolute atomic E-state index is 11.4. The Kier molecular flexibility index (Phi) is 3.91. The molecule has 1 aliphatic rings. The molecule has 1 aliphatic heterocycles. The lowest BCUT2D eigenvalue weighted by molar-refractivity contribution is 0.386. The van der Waals surface area contributed by atoms with Gasteiger partial charge >= 0.3 is 0 Å². The van der Waals surface area contributed by atoms with Crippen molar-refractivity contribution >= 4 is 21.7 Å². The first-order valence-electron chi connectivity index (χ1n) is 6.09. The Labute approximate surface area is 113 Å². The van der Waals surface area contributed by atoms with E-state index in [1.165, 1.54) is 10.6 Å². The van der Waals surface area contributed by atoms with E-state index in [9.17, 15) is 8.42 Å². The van der Waals surface area contributed by atoms with Crippen LogP contribution in [0.1, 0.15) is 0 Å². The molecule has 0 bridgehead atoms. The molecule has 0 radical (unpaired) electrons. The molecule has 1 aromatic rings. The molecule has 19 heavy (non-hydrogen) atoms. The van der Waals surface area contributed by atoms with Gasteiger partial charge in [0.15, 0.2) is 11.6 Å². The summed E-state index contributed by atoms with van der Waals surface area (Å²) in [6.07, 6.45) is 1.24. The van der Waals surface area contributed by atoms with Crippen LogP contribution in [0.2, 0.25) is 0 Å². The molecule has 0 unspecified atom stereocenters. The second-order valence-corrected chi connectivity index (χ2v) is 6.78. The molecular formula is C11H19N5O2S. The van der Waals surface area contributed by atoms with Crippen molar-refractivity contribution in [2.24, 2.45) is 0 Å². The molecule has 0 N–H and O–H groups in total. The average molecular weight is 285 g/mol. The van der Waals surface area contributed by atoms with Crippen LogP contribution in [-0.4, -0.2) is 69.5 Å². The van der Waals surface area contributed by atoms with Crippen molar-refractivity contribution < 1.29 is 8.42 Å². The molecule has 0 atom stereocenters. The van der Waals surface area contributed by atoms with Crippen LogP contribution in [0.3, 0.4) is 0 Å². The second-order valence-electron chi connectivity index (χ2n) is 4.79. The van der Waals surface area contributed by atoms with E-state index in [4.69, 9.17) is 0 Å². The zero-order valence-electron chi connectivity index (χ0n) is 11.4. The summed E-state index contributed by atoms with van der Waals surface area (Å²) < 4.78 is 24.3. The molecular weight excluding hydrogens is 266 g/mol. The number of rotatable bonds is 3. The Morgan fingerprint density at radius 2 is 1.74 bits per heavy atom. The van der Waals surface area contributed by atoms with Crippen molar-refractivity contribution in [2.75, 3.05) is 56.3 Å². The Morgan fingerprint density at radius 1 is 1.11 bits per heavy atom. The molecule has 0 aromatic carbocycles. The molecule has 1 fully saturated rings. The van der Waals surface area contributed by atoms with Crippen molar-refractivity contribution in [1.82, 2.24) is 14.5 Å². The summed E-state index contributed by atoms with van der Waals surface area (Å²) in [6.45, 7) is 2.28. The van der Waals surface area contributed by atoms with Crippen LogP contribution >= 0.6 is 0 Å². The number of nitrogens with zero attached hydrogens (tertiary/aromatic N) is 5. The third-order valence-electron chi connectivity index (χ3n) is 3.13. The Hall–Kier alpha value is -1.41. The predicted octanol–water partition coefficient (Wildman–Crippen LogP) is -0.376. The van der Waals surface area contributed by atoms with Gasteiger partial charge in [0.2, 0.25) is 10.0 Å². The topological polar surface area (TPSA) is 69.6 Å². The molecule has 7 nitrogen and oxygen atoms in total. The highest BCUT2D eigenvalue weighted by Gasteiger charge is 2.24. The Bertz CT molecular complexity index is 521. The summed E-state index contributed by atoms with van der Waals surface area (Å²) in [5.74, 6) is 1.59. The minimum Gasteiger partial charge on any atom is -0.361 e. The van der Waals surface area contributed by atoms with Gasteiger partial charge in [0.1, 0.15) is 0 Å². The predicted molar refractivity (Wildman–Crippen MR) is 75.0 cm³/mol. The summed E-state index contributed by atoms with van der Waals surface area (Å²) in [5, 5.41) is 8.30. The van der Waals surface area contributed by atoms with E-state index in [-0.39, 0.29) is 0 Å². The van der Waals surface area contributed by atoms with Gasteiger partial charge in [-0.1, -0.05) is 0 Å². The second kappa shape index (κ2) is 5.30. The van der Waals surface area contributed by atoms with E-state index in [0.29, 0.717) is 26.2 Å². The number of aromatic nitrogens is 2. The quantitative estimate of drug-likeness (QED) is 0.754. The van der Waals surface area contributed by atoms with Gasteiger partial charge in [0, 0.05) is 40.3 Å². The fraction of sp³-hybridized carbons (Fsp3) is 0.636. The van der Waals surface area contributed by atoms with Crippen LogP contribution in [0.4, 0.5) is 11.6 Å². The normalized spacial score (nSPS) is 17.5.